The van der Waals surface area contributed by atoms with Gasteiger partial charge in [-0.05, 0) is 50.3 Å². The summed E-state index contributed by atoms with van der Waals surface area (Å²) in [7, 11) is 0. The Labute approximate surface area is 160 Å². The molecule has 2 unspecified atom stereocenters. The van der Waals surface area contributed by atoms with E-state index in [-0.39, 0.29) is 42.0 Å². The molecule has 1 aromatic carbocycles. The van der Waals surface area contributed by atoms with Crippen molar-refractivity contribution >= 4 is 29.9 Å². The fourth-order valence-electron chi connectivity index (χ4n) is 2.93. The number of halogens is 2. The van der Waals surface area contributed by atoms with Gasteiger partial charge in [-0.15, -0.1) is 24.0 Å². The topological polar surface area (TPSA) is 36.9 Å². The molecule has 0 spiro atoms. The molecule has 6 heteroatoms. The molecule has 0 aromatic heterocycles. The number of morpholine rings is 1. The van der Waals surface area contributed by atoms with Crippen LogP contribution >= 0.6 is 24.0 Å². The van der Waals surface area contributed by atoms with Gasteiger partial charge >= 0.3 is 0 Å². The van der Waals surface area contributed by atoms with Crippen LogP contribution in [-0.2, 0) is 4.74 Å². The van der Waals surface area contributed by atoms with Gasteiger partial charge in [-0.2, -0.15) is 0 Å². The maximum absolute atomic E-state index is 13.1. The van der Waals surface area contributed by atoms with Gasteiger partial charge in [0.15, 0.2) is 5.96 Å². The van der Waals surface area contributed by atoms with E-state index in [1.54, 1.807) is 0 Å². The van der Waals surface area contributed by atoms with E-state index in [1.165, 1.54) is 25.0 Å². The molecule has 0 amide bonds. The summed E-state index contributed by atoms with van der Waals surface area (Å²) in [4.78, 5) is 7.06. The zero-order chi connectivity index (χ0) is 16.2. The Hall–Kier alpha value is -0.890. The smallest absolute Gasteiger partial charge is 0.194 e. The minimum absolute atomic E-state index is 0. The van der Waals surface area contributed by atoms with Crippen LogP contribution in [0.2, 0.25) is 0 Å². The van der Waals surface area contributed by atoms with Crippen LogP contribution in [0.25, 0.3) is 0 Å². The Morgan fingerprint density at radius 2 is 2.00 bits per heavy atom. The second-order valence-electron chi connectivity index (χ2n) is 6.53. The molecule has 3 rings (SSSR count). The first kappa shape index (κ1) is 19.4. The fourth-order valence-corrected chi connectivity index (χ4v) is 2.93. The molecule has 1 N–H and O–H groups in total. The summed E-state index contributed by atoms with van der Waals surface area (Å²) < 4.78 is 19.2. The lowest BCUT2D eigenvalue weighted by atomic mass is 10.1. The molecule has 1 saturated carbocycles. The summed E-state index contributed by atoms with van der Waals surface area (Å²) in [6, 6.07) is 6.61. The van der Waals surface area contributed by atoms with Crippen molar-refractivity contribution in [2.45, 2.75) is 38.9 Å². The van der Waals surface area contributed by atoms with Crippen LogP contribution in [0, 0.1) is 11.7 Å². The standard InChI is InChI=1S/C18H26FN3O.HI/c1-3-20-18(21-10-14-4-5-14)22-11-13(2)23-17(12-22)15-6-8-16(19)9-7-15;/h6-9,13-14,17H,3-5,10-12H2,1-2H3,(H,20,21);1H. The van der Waals surface area contributed by atoms with E-state index in [2.05, 4.69) is 24.1 Å². The van der Waals surface area contributed by atoms with Gasteiger partial charge in [0.2, 0.25) is 0 Å². The highest BCUT2D eigenvalue weighted by Gasteiger charge is 2.29. The normalized spacial score (nSPS) is 24.5. The van der Waals surface area contributed by atoms with Gasteiger partial charge in [0.1, 0.15) is 11.9 Å². The minimum Gasteiger partial charge on any atom is -0.367 e. The van der Waals surface area contributed by atoms with Gasteiger partial charge in [-0.1, -0.05) is 12.1 Å². The van der Waals surface area contributed by atoms with Crippen molar-refractivity contribution in [3.8, 4) is 0 Å². The number of hydrogen-bond donors (Lipinski definition) is 1. The predicted octanol–water partition coefficient (Wildman–Crippen LogP) is 3.58. The van der Waals surface area contributed by atoms with Crippen molar-refractivity contribution in [2.75, 3.05) is 26.2 Å². The van der Waals surface area contributed by atoms with E-state index in [1.807, 2.05) is 12.1 Å². The second kappa shape index (κ2) is 8.99. The van der Waals surface area contributed by atoms with E-state index in [9.17, 15) is 4.39 Å². The summed E-state index contributed by atoms with van der Waals surface area (Å²) in [6.45, 7) is 7.51. The first-order valence-corrected chi connectivity index (χ1v) is 8.60. The maximum atomic E-state index is 13.1. The summed E-state index contributed by atoms with van der Waals surface area (Å²) in [5, 5.41) is 3.40. The number of hydrogen-bond acceptors (Lipinski definition) is 2. The quantitative estimate of drug-likeness (QED) is 0.436. The molecule has 1 aliphatic heterocycles. The highest BCUT2D eigenvalue weighted by molar-refractivity contribution is 14.0. The molecule has 0 radical (unpaired) electrons. The Balaban J connectivity index is 0.00000208. The third kappa shape index (κ3) is 5.31. The predicted molar refractivity (Wildman–Crippen MR) is 105 cm³/mol. The number of nitrogens with zero attached hydrogens (tertiary/aromatic N) is 2. The molecule has 2 fully saturated rings. The van der Waals surface area contributed by atoms with Crippen molar-refractivity contribution in [3.05, 3.63) is 35.6 Å². The molecule has 1 saturated heterocycles. The minimum atomic E-state index is -0.214. The molecule has 0 bridgehead atoms. The van der Waals surface area contributed by atoms with Gasteiger partial charge in [0, 0.05) is 19.6 Å². The van der Waals surface area contributed by atoms with Crippen LogP contribution in [0.4, 0.5) is 4.39 Å². The van der Waals surface area contributed by atoms with Gasteiger partial charge < -0.3 is 15.0 Å². The lowest BCUT2D eigenvalue weighted by Gasteiger charge is -2.38. The summed E-state index contributed by atoms with van der Waals surface area (Å²) in [5.41, 5.74) is 1.01. The summed E-state index contributed by atoms with van der Waals surface area (Å²) >= 11 is 0. The molecule has 2 atom stereocenters. The van der Waals surface area contributed by atoms with E-state index < -0.39 is 0 Å². The largest absolute Gasteiger partial charge is 0.367 e. The Morgan fingerprint density at radius 1 is 1.29 bits per heavy atom. The SMILES string of the molecule is CCNC(=NCC1CC1)N1CC(C)OC(c2ccc(F)cc2)C1.I. The van der Waals surface area contributed by atoms with Crippen molar-refractivity contribution in [3.63, 3.8) is 0 Å². The lowest BCUT2D eigenvalue weighted by Crippen LogP contribution is -2.50. The molecule has 4 nitrogen and oxygen atoms in total. The molecular formula is C18H27FIN3O. The number of ether oxygens (including phenoxy) is 1. The van der Waals surface area contributed by atoms with Crippen molar-refractivity contribution in [1.29, 1.82) is 0 Å². The maximum Gasteiger partial charge on any atom is 0.194 e. The highest BCUT2D eigenvalue weighted by atomic mass is 127. The van der Waals surface area contributed by atoms with E-state index >= 15 is 0 Å². The first-order chi connectivity index (χ1) is 11.2. The lowest BCUT2D eigenvalue weighted by molar-refractivity contribution is -0.0605. The van der Waals surface area contributed by atoms with Crippen LogP contribution in [0.5, 0.6) is 0 Å². The Bertz CT molecular complexity index is 548. The molecule has 24 heavy (non-hydrogen) atoms. The number of rotatable bonds is 4. The van der Waals surface area contributed by atoms with Gasteiger partial charge in [0.05, 0.1) is 12.6 Å². The van der Waals surface area contributed by atoms with Gasteiger partial charge in [-0.3, -0.25) is 4.99 Å². The van der Waals surface area contributed by atoms with Crippen molar-refractivity contribution < 1.29 is 9.13 Å². The third-order valence-corrected chi connectivity index (χ3v) is 4.33. The van der Waals surface area contributed by atoms with Crippen LogP contribution < -0.4 is 5.32 Å². The Kier molecular flexibility index (Phi) is 7.28. The Morgan fingerprint density at radius 3 is 2.62 bits per heavy atom. The number of nitrogens with one attached hydrogen (secondary N) is 1. The van der Waals surface area contributed by atoms with Crippen LogP contribution in [0.15, 0.2) is 29.3 Å². The highest BCUT2D eigenvalue weighted by Crippen LogP contribution is 2.29. The average molecular weight is 447 g/mol. The van der Waals surface area contributed by atoms with E-state index in [0.717, 1.165) is 43.6 Å². The molecule has 1 aromatic rings. The van der Waals surface area contributed by atoms with Crippen LogP contribution in [0.1, 0.15) is 38.4 Å². The number of guanidine groups is 1. The van der Waals surface area contributed by atoms with Gasteiger partial charge in [0.25, 0.3) is 0 Å². The monoisotopic (exact) mass is 447 g/mol. The molecular weight excluding hydrogens is 420 g/mol. The van der Waals surface area contributed by atoms with E-state index in [4.69, 9.17) is 9.73 Å². The number of aliphatic imine (C=N–C) groups is 1. The zero-order valence-electron chi connectivity index (χ0n) is 14.4. The number of benzene rings is 1. The average Bonchev–Trinajstić information content (AvgIpc) is 3.36. The molecule has 134 valence electrons. The van der Waals surface area contributed by atoms with E-state index in [0.29, 0.717) is 0 Å². The molecule has 2 aliphatic rings. The second-order valence-corrected chi connectivity index (χ2v) is 6.53. The summed E-state index contributed by atoms with van der Waals surface area (Å²) in [5.74, 6) is 1.53. The first-order valence-electron chi connectivity index (χ1n) is 8.60. The fraction of sp³-hybridized carbons (Fsp3) is 0.611. The van der Waals surface area contributed by atoms with Gasteiger partial charge in [-0.25, -0.2) is 4.39 Å². The summed E-state index contributed by atoms with van der Waals surface area (Å²) in [6.07, 6.45) is 2.68. The van der Waals surface area contributed by atoms with Crippen molar-refractivity contribution in [1.82, 2.24) is 10.2 Å². The zero-order valence-corrected chi connectivity index (χ0v) is 16.7. The molecule has 1 heterocycles. The molecule has 1 aliphatic carbocycles. The third-order valence-electron chi connectivity index (χ3n) is 4.33. The van der Waals surface area contributed by atoms with Crippen LogP contribution in [0.3, 0.4) is 0 Å². The van der Waals surface area contributed by atoms with Crippen LogP contribution in [-0.4, -0.2) is 43.1 Å². The van der Waals surface area contributed by atoms with Crippen molar-refractivity contribution in [2.24, 2.45) is 10.9 Å².